The van der Waals surface area contributed by atoms with E-state index < -0.39 is 0 Å². The molecule has 0 aromatic heterocycles. The second-order valence-corrected chi connectivity index (χ2v) is 5.70. The lowest BCUT2D eigenvalue weighted by molar-refractivity contribution is 0.478. The third-order valence-corrected chi connectivity index (χ3v) is 4.42. The zero-order valence-electron chi connectivity index (χ0n) is 10.5. The number of aryl methyl sites for hydroxylation is 2. The van der Waals surface area contributed by atoms with E-state index in [1.54, 1.807) is 0 Å². The van der Waals surface area contributed by atoms with Gasteiger partial charge in [-0.2, -0.15) is 0 Å². The van der Waals surface area contributed by atoms with Crippen LogP contribution in [0.25, 0.3) is 0 Å². The maximum Gasteiger partial charge on any atom is 0.132 e. The van der Waals surface area contributed by atoms with Gasteiger partial charge >= 0.3 is 0 Å². The molecule has 2 aromatic rings. The van der Waals surface area contributed by atoms with E-state index in [9.17, 15) is 0 Å². The smallest absolute Gasteiger partial charge is 0.132 e. The summed E-state index contributed by atoms with van der Waals surface area (Å²) in [6.07, 6.45) is 3.61. The monoisotopic (exact) mass is 336 g/mol. The number of hydrogen-bond donors (Lipinski definition) is 0. The molecule has 3 rings (SSSR count). The van der Waals surface area contributed by atoms with Gasteiger partial charge in [-0.15, -0.1) is 0 Å². The lowest BCUT2D eigenvalue weighted by Crippen LogP contribution is -1.92. The number of ether oxygens (including phenoxy) is 1. The number of hydrogen-bond acceptors (Lipinski definition) is 1. The first-order valence-electron chi connectivity index (χ1n) is 6.41. The van der Waals surface area contributed by atoms with Gasteiger partial charge < -0.3 is 4.74 Å². The average Bonchev–Trinajstić information content (AvgIpc) is 2.86. The summed E-state index contributed by atoms with van der Waals surface area (Å²) >= 11 is 9.64. The third-order valence-electron chi connectivity index (χ3n) is 3.51. The first kappa shape index (κ1) is 13.0. The minimum Gasteiger partial charge on any atom is -0.457 e. The quantitative estimate of drug-likeness (QED) is 0.670. The molecule has 1 aliphatic carbocycles. The summed E-state index contributed by atoms with van der Waals surface area (Å²) in [4.78, 5) is 0. The molecular formula is C16H14BrClO. The molecule has 0 saturated carbocycles. The molecule has 1 nitrogen and oxygen atoms in total. The Bertz CT molecular complexity index is 610. The highest BCUT2D eigenvalue weighted by Crippen LogP contribution is 2.34. The van der Waals surface area contributed by atoms with E-state index in [1.807, 2.05) is 24.3 Å². The fraction of sp³-hybridized carbons (Fsp3) is 0.250. The van der Waals surface area contributed by atoms with Crippen LogP contribution >= 0.6 is 27.5 Å². The topological polar surface area (TPSA) is 9.23 Å². The van der Waals surface area contributed by atoms with Crippen LogP contribution < -0.4 is 4.74 Å². The molecule has 0 aliphatic heterocycles. The van der Waals surface area contributed by atoms with Crippen molar-refractivity contribution in [3.8, 4) is 11.5 Å². The van der Waals surface area contributed by atoms with Gasteiger partial charge in [-0.1, -0.05) is 39.7 Å². The molecule has 19 heavy (non-hydrogen) atoms. The predicted molar refractivity (Wildman–Crippen MR) is 82.6 cm³/mol. The minimum absolute atomic E-state index is 0.687. The second kappa shape index (κ2) is 5.56. The Morgan fingerprint density at radius 2 is 1.95 bits per heavy atom. The number of rotatable bonds is 3. The first-order chi connectivity index (χ1) is 9.28. The fourth-order valence-electron chi connectivity index (χ4n) is 2.50. The maximum absolute atomic E-state index is 6.18. The average molecular weight is 338 g/mol. The second-order valence-electron chi connectivity index (χ2n) is 4.74. The Hall–Kier alpha value is -0.990. The van der Waals surface area contributed by atoms with E-state index in [2.05, 4.69) is 28.1 Å². The van der Waals surface area contributed by atoms with Crippen LogP contribution in [0.2, 0.25) is 5.02 Å². The van der Waals surface area contributed by atoms with Gasteiger partial charge in [0.1, 0.15) is 11.5 Å². The molecular weight excluding hydrogens is 324 g/mol. The van der Waals surface area contributed by atoms with Crippen molar-refractivity contribution in [2.75, 3.05) is 0 Å². The van der Waals surface area contributed by atoms with Crippen molar-refractivity contribution in [1.29, 1.82) is 0 Å². The molecule has 2 aromatic carbocycles. The third kappa shape index (κ3) is 2.65. The largest absolute Gasteiger partial charge is 0.457 e. The first-order valence-corrected chi connectivity index (χ1v) is 7.91. The molecule has 0 fully saturated rings. The molecule has 0 spiro atoms. The molecule has 0 radical (unpaired) electrons. The number of fused-ring (bicyclic) bond motifs is 1. The Labute approximate surface area is 126 Å². The van der Waals surface area contributed by atoms with Gasteiger partial charge in [-0.05, 0) is 54.7 Å². The van der Waals surface area contributed by atoms with Crippen LogP contribution in [0.15, 0.2) is 36.4 Å². The van der Waals surface area contributed by atoms with Gasteiger partial charge in [0.25, 0.3) is 0 Å². The molecule has 0 amide bonds. The lowest BCUT2D eigenvalue weighted by atomic mass is 10.1. The van der Waals surface area contributed by atoms with Crippen molar-refractivity contribution in [2.45, 2.75) is 24.6 Å². The standard InChI is InChI=1S/C16H14BrClO/c17-10-14-15(18)5-2-6-16(14)19-13-8-7-11-3-1-4-12(11)9-13/h2,5-9H,1,3-4,10H2. The highest BCUT2D eigenvalue weighted by atomic mass is 79.9. The van der Waals surface area contributed by atoms with Crippen LogP contribution in [0.5, 0.6) is 11.5 Å². The van der Waals surface area contributed by atoms with Gasteiger partial charge in [0, 0.05) is 15.9 Å². The highest BCUT2D eigenvalue weighted by Gasteiger charge is 2.13. The molecule has 0 saturated heterocycles. The molecule has 0 heterocycles. The van der Waals surface area contributed by atoms with Crippen LogP contribution in [0.4, 0.5) is 0 Å². The van der Waals surface area contributed by atoms with Gasteiger partial charge in [0.15, 0.2) is 0 Å². The Kier molecular flexibility index (Phi) is 3.81. The van der Waals surface area contributed by atoms with Crippen LogP contribution in [0.1, 0.15) is 23.1 Å². The normalized spacial score (nSPS) is 13.4. The molecule has 98 valence electrons. The molecule has 1 aliphatic rings. The number of benzene rings is 2. The van der Waals surface area contributed by atoms with Crippen LogP contribution in [0.3, 0.4) is 0 Å². The summed E-state index contributed by atoms with van der Waals surface area (Å²) in [7, 11) is 0. The van der Waals surface area contributed by atoms with E-state index in [-0.39, 0.29) is 0 Å². The summed E-state index contributed by atoms with van der Waals surface area (Å²) in [5.41, 5.74) is 3.86. The molecule has 3 heteroatoms. The summed E-state index contributed by atoms with van der Waals surface area (Å²) in [5.74, 6) is 1.72. The zero-order valence-corrected chi connectivity index (χ0v) is 12.8. The Morgan fingerprint density at radius 3 is 2.79 bits per heavy atom. The van der Waals surface area contributed by atoms with Crippen LogP contribution in [-0.2, 0) is 18.2 Å². The van der Waals surface area contributed by atoms with Crippen molar-refractivity contribution < 1.29 is 4.74 Å². The molecule has 0 atom stereocenters. The highest BCUT2D eigenvalue weighted by molar-refractivity contribution is 9.08. The van der Waals surface area contributed by atoms with Crippen molar-refractivity contribution in [2.24, 2.45) is 0 Å². The van der Waals surface area contributed by atoms with Crippen molar-refractivity contribution in [1.82, 2.24) is 0 Å². The SMILES string of the molecule is Clc1cccc(Oc2ccc3c(c2)CCC3)c1CBr. The number of alkyl halides is 1. The predicted octanol–water partition coefficient (Wildman–Crippen LogP) is 5.52. The van der Waals surface area contributed by atoms with Crippen molar-refractivity contribution in [3.05, 3.63) is 58.1 Å². The molecule has 0 unspecified atom stereocenters. The van der Waals surface area contributed by atoms with E-state index in [0.29, 0.717) is 5.33 Å². The van der Waals surface area contributed by atoms with Gasteiger partial charge in [-0.25, -0.2) is 0 Å². The molecule has 0 bridgehead atoms. The summed E-state index contributed by atoms with van der Waals surface area (Å²) < 4.78 is 5.99. The van der Waals surface area contributed by atoms with E-state index in [1.165, 1.54) is 24.0 Å². The molecule has 0 N–H and O–H groups in total. The van der Waals surface area contributed by atoms with Gasteiger partial charge in [0.2, 0.25) is 0 Å². The van der Waals surface area contributed by atoms with Crippen molar-refractivity contribution in [3.63, 3.8) is 0 Å². The zero-order chi connectivity index (χ0) is 13.2. The van der Waals surface area contributed by atoms with Crippen LogP contribution in [0, 0.1) is 0 Å². The van der Waals surface area contributed by atoms with E-state index in [4.69, 9.17) is 16.3 Å². The summed E-state index contributed by atoms with van der Waals surface area (Å²) in [6.45, 7) is 0. The van der Waals surface area contributed by atoms with Crippen molar-refractivity contribution >= 4 is 27.5 Å². The fourth-order valence-corrected chi connectivity index (χ4v) is 3.48. The number of halogens is 2. The lowest BCUT2D eigenvalue weighted by Gasteiger charge is -2.12. The Morgan fingerprint density at radius 1 is 1.11 bits per heavy atom. The van der Waals surface area contributed by atoms with Crippen LogP contribution in [-0.4, -0.2) is 0 Å². The summed E-state index contributed by atoms with van der Waals surface area (Å²) in [5, 5.41) is 1.42. The van der Waals surface area contributed by atoms with Gasteiger partial charge in [-0.3, -0.25) is 0 Å². The minimum atomic E-state index is 0.687. The van der Waals surface area contributed by atoms with E-state index >= 15 is 0 Å². The van der Waals surface area contributed by atoms with E-state index in [0.717, 1.165) is 28.5 Å². The Balaban J connectivity index is 1.91. The van der Waals surface area contributed by atoms with Gasteiger partial charge in [0.05, 0.1) is 0 Å². The maximum atomic E-state index is 6.18. The summed E-state index contributed by atoms with van der Waals surface area (Å²) in [6, 6.07) is 12.1.